The fourth-order valence-electron chi connectivity index (χ4n) is 4.67. The molecule has 1 unspecified atom stereocenters. The van der Waals surface area contributed by atoms with Crippen LogP contribution in [0.2, 0.25) is 0 Å². The van der Waals surface area contributed by atoms with Crippen LogP contribution in [0, 0.1) is 0 Å². The first-order valence-electron chi connectivity index (χ1n) is 12.4. The number of anilines is 1. The summed E-state index contributed by atoms with van der Waals surface area (Å²) in [6.07, 6.45) is 0. The number of aliphatic imine (C=N–C) groups is 1. The molecule has 0 saturated carbocycles. The van der Waals surface area contributed by atoms with Crippen molar-refractivity contribution in [1.82, 2.24) is 9.80 Å². The second-order valence-corrected chi connectivity index (χ2v) is 9.56. The summed E-state index contributed by atoms with van der Waals surface area (Å²) in [5.41, 5.74) is 3.71. The van der Waals surface area contributed by atoms with Gasteiger partial charge in [0.2, 0.25) is 0 Å². The van der Waals surface area contributed by atoms with E-state index in [0.717, 1.165) is 34.3 Å². The topological polar surface area (TPSA) is 66.4 Å². The number of fused-ring (bicyclic) bond motifs is 2. The molecule has 0 bridgehead atoms. The Morgan fingerprint density at radius 2 is 1.83 bits per heavy atom. The van der Waals surface area contributed by atoms with Gasteiger partial charge in [0, 0.05) is 31.4 Å². The predicted octanol–water partition coefficient (Wildman–Crippen LogP) is 6.24. The number of nitrogens with one attached hydrogen (secondary N) is 1. The Morgan fingerprint density at radius 3 is 2.56 bits per heavy atom. The molecule has 3 aromatic carbocycles. The molecule has 2 aliphatic heterocycles. The molecule has 1 atom stereocenters. The quantitative estimate of drug-likeness (QED) is 0.478. The third-order valence-electron chi connectivity index (χ3n) is 6.76. The van der Waals surface area contributed by atoms with Crippen molar-refractivity contribution < 1.29 is 14.3 Å². The number of para-hydroxylation sites is 2. The lowest BCUT2D eigenvalue weighted by molar-refractivity contribution is 0.145. The highest BCUT2D eigenvalue weighted by atomic mass is 16.5. The molecule has 5 rings (SSSR count). The number of methoxy groups -OCH3 is 1. The maximum atomic E-state index is 13.1. The van der Waals surface area contributed by atoms with E-state index in [9.17, 15) is 4.79 Å². The van der Waals surface area contributed by atoms with E-state index in [2.05, 4.69) is 43.1 Å². The number of hydrogen-bond donors (Lipinski definition) is 1. The fourth-order valence-corrected chi connectivity index (χ4v) is 4.67. The average Bonchev–Trinajstić information content (AvgIpc) is 3.05. The minimum atomic E-state index is -0.0852. The van der Waals surface area contributed by atoms with Crippen LogP contribution < -0.4 is 14.8 Å². The van der Waals surface area contributed by atoms with Gasteiger partial charge in [0.15, 0.2) is 5.75 Å². The molecule has 0 spiro atoms. The molecule has 0 aromatic heterocycles. The highest BCUT2D eigenvalue weighted by molar-refractivity contribution is 6.04. The number of piperazine rings is 1. The number of urea groups is 1. The van der Waals surface area contributed by atoms with Crippen LogP contribution in [0.1, 0.15) is 37.8 Å². The van der Waals surface area contributed by atoms with Gasteiger partial charge in [-0.15, -0.1) is 0 Å². The van der Waals surface area contributed by atoms with Crippen molar-refractivity contribution in [3.8, 4) is 17.2 Å². The largest absolute Gasteiger partial charge is 0.497 e. The van der Waals surface area contributed by atoms with Crippen molar-refractivity contribution in [3.05, 3.63) is 77.9 Å². The lowest BCUT2D eigenvalue weighted by Gasteiger charge is -2.41. The summed E-state index contributed by atoms with van der Waals surface area (Å²) in [4.78, 5) is 22.2. The van der Waals surface area contributed by atoms with Gasteiger partial charge in [-0.05, 0) is 60.9 Å². The first kappa shape index (κ1) is 23.7. The first-order valence-corrected chi connectivity index (χ1v) is 12.4. The molecule has 0 radical (unpaired) electrons. The molecule has 1 saturated heterocycles. The zero-order valence-corrected chi connectivity index (χ0v) is 21.2. The summed E-state index contributed by atoms with van der Waals surface area (Å²) in [5, 5.41) is 3.06. The molecule has 2 amide bonds. The molecule has 1 N–H and O–H groups in total. The summed E-state index contributed by atoms with van der Waals surface area (Å²) >= 11 is 0. The Balaban J connectivity index is 1.36. The molecule has 7 nitrogen and oxygen atoms in total. The van der Waals surface area contributed by atoms with Crippen LogP contribution in [0.25, 0.3) is 0 Å². The SMILES string of the molecule is COc1ccc2c(c1)C(N1CCN(C(=O)Nc3ccc(C(C)C)cc3)C(C)C1)=Nc1ccccc1O2. The average molecular weight is 485 g/mol. The Hall–Kier alpha value is -4.00. The highest BCUT2D eigenvalue weighted by Crippen LogP contribution is 2.39. The zero-order valence-electron chi connectivity index (χ0n) is 21.2. The summed E-state index contributed by atoms with van der Waals surface area (Å²) in [7, 11) is 1.65. The number of amidine groups is 1. The molecule has 3 aromatic rings. The fraction of sp³-hybridized carbons (Fsp3) is 0.310. The Labute approximate surface area is 212 Å². The minimum absolute atomic E-state index is 0.00939. The van der Waals surface area contributed by atoms with Crippen LogP contribution in [0.5, 0.6) is 17.2 Å². The monoisotopic (exact) mass is 484 g/mol. The molecule has 186 valence electrons. The lowest BCUT2D eigenvalue weighted by Crippen LogP contribution is -2.56. The number of amides is 2. The number of carbonyl (C=O) groups excluding carboxylic acids is 1. The Bertz CT molecular complexity index is 1290. The van der Waals surface area contributed by atoms with E-state index in [0.29, 0.717) is 31.3 Å². The van der Waals surface area contributed by atoms with Gasteiger partial charge in [0.05, 0.1) is 12.7 Å². The molecule has 1 fully saturated rings. The van der Waals surface area contributed by atoms with E-state index >= 15 is 0 Å². The Kier molecular flexibility index (Phi) is 6.55. The molecule has 2 heterocycles. The van der Waals surface area contributed by atoms with Crippen LogP contribution in [0.3, 0.4) is 0 Å². The van der Waals surface area contributed by atoms with Gasteiger partial charge in [-0.3, -0.25) is 0 Å². The molecule has 2 aliphatic rings. The van der Waals surface area contributed by atoms with Gasteiger partial charge in [-0.1, -0.05) is 38.1 Å². The second kappa shape index (κ2) is 9.93. The van der Waals surface area contributed by atoms with Gasteiger partial charge >= 0.3 is 6.03 Å². The van der Waals surface area contributed by atoms with Gasteiger partial charge in [-0.25, -0.2) is 9.79 Å². The standard InChI is InChI=1S/C29H32N4O3/c1-19(2)21-9-11-22(12-10-21)30-29(34)33-16-15-32(18-20(33)3)28-24-17-23(35-4)13-14-26(24)36-27-8-6-5-7-25(27)31-28/h5-14,17,19-20H,15-16,18H2,1-4H3,(H,30,34). The van der Waals surface area contributed by atoms with E-state index in [1.54, 1.807) is 7.11 Å². The van der Waals surface area contributed by atoms with Crippen molar-refractivity contribution in [2.45, 2.75) is 32.7 Å². The minimum Gasteiger partial charge on any atom is -0.497 e. The Morgan fingerprint density at radius 1 is 1.06 bits per heavy atom. The summed E-state index contributed by atoms with van der Waals surface area (Å²) in [5.74, 6) is 3.47. The smallest absolute Gasteiger partial charge is 0.322 e. The van der Waals surface area contributed by atoms with Crippen molar-refractivity contribution in [1.29, 1.82) is 0 Å². The lowest BCUT2D eigenvalue weighted by atomic mass is 10.0. The van der Waals surface area contributed by atoms with Gasteiger partial charge in [0.1, 0.15) is 23.0 Å². The summed E-state index contributed by atoms with van der Waals surface area (Å²) in [6, 6.07) is 21.5. The molecular formula is C29H32N4O3. The molecule has 7 heteroatoms. The third kappa shape index (κ3) is 4.73. The van der Waals surface area contributed by atoms with Crippen molar-refractivity contribution in [3.63, 3.8) is 0 Å². The first-order chi connectivity index (χ1) is 17.4. The van der Waals surface area contributed by atoms with Crippen LogP contribution in [-0.4, -0.2) is 54.5 Å². The maximum Gasteiger partial charge on any atom is 0.322 e. The van der Waals surface area contributed by atoms with Gasteiger partial charge in [-0.2, -0.15) is 0 Å². The number of rotatable bonds is 3. The highest BCUT2D eigenvalue weighted by Gasteiger charge is 2.32. The zero-order chi connectivity index (χ0) is 25.2. The van der Waals surface area contributed by atoms with Crippen LogP contribution >= 0.6 is 0 Å². The number of carbonyl (C=O) groups is 1. The van der Waals surface area contributed by atoms with E-state index in [1.165, 1.54) is 5.56 Å². The van der Waals surface area contributed by atoms with Crippen molar-refractivity contribution in [2.75, 3.05) is 32.1 Å². The summed E-state index contributed by atoms with van der Waals surface area (Å²) in [6.45, 7) is 8.28. The molecule has 0 aliphatic carbocycles. The number of ether oxygens (including phenoxy) is 2. The van der Waals surface area contributed by atoms with Crippen molar-refractivity contribution >= 4 is 23.2 Å². The van der Waals surface area contributed by atoms with Gasteiger partial charge in [0.25, 0.3) is 0 Å². The second-order valence-electron chi connectivity index (χ2n) is 9.56. The number of hydrogen-bond acceptors (Lipinski definition) is 5. The normalized spacial score (nSPS) is 16.9. The van der Waals surface area contributed by atoms with Gasteiger partial charge < -0.3 is 24.6 Å². The van der Waals surface area contributed by atoms with Crippen molar-refractivity contribution in [2.24, 2.45) is 4.99 Å². The molecule has 36 heavy (non-hydrogen) atoms. The molecular weight excluding hydrogens is 452 g/mol. The summed E-state index contributed by atoms with van der Waals surface area (Å²) < 4.78 is 11.7. The van der Waals surface area contributed by atoms with Crippen LogP contribution in [0.4, 0.5) is 16.2 Å². The van der Waals surface area contributed by atoms with E-state index in [4.69, 9.17) is 14.5 Å². The van der Waals surface area contributed by atoms with E-state index < -0.39 is 0 Å². The number of nitrogens with zero attached hydrogens (tertiary/aromatic N) is 3. The number of benzene rings is 3. The van der Waals surface area contributed by atoms with E-state index in [-0.39, 0.29) is 12.1 Å². The third-order valence-corrected chi connectivity index (χ3v) is 6.76. The predicted molar refractivity (Wildman–Crippen MR) is 143 cm³/mol. The van der Waals surface area contributed by atoms with Crippen LogP contribution in [0.15, 0.2) is 71.7 Å². The maximum absolute atomic E-state index is 13.1. The van der Waals surface area contributed by atoms with Crippen LogP contribution in [-0.2, 0) is 0 Å². The van der Waals surface area contributed by atoms with E-state index in [1.807, 2.05) is 59.5 Å².